The summed E-state index contributed by atoms with van der Waals surface area (Å²) < 4.78 is 0. The molecule has 0 saturated heterocycles. The van der Waals surface area contributed by atoms with Crippen LogP contribution < -0.4 is 0 Å². The summed E-state index contributed by atoms with van der Waals surface area (Å²) in [7, 11) is 0.118. The van der Waals surface area contributed by atoms with Crippen molar-refractivity contribution >= 4 is 9.52 Å². The minimum atomic E-state index is 0.118. The number of aliphatic hydroxyl groups is 1. The Balaban J connectivity index is 2.99. The van der Waals surface area contributed by atoms with Crippen molar-refractivity contribution in [2.24, 2.45) is 0 Å². The highest BCUT2D eigenvalue weighted by Crippen LogP contribution is 2.10. The summed E-state index contributed by atoms with van der Waals surface area (Å²) in [6.07, 6.45) is 12.9. The summed E-state index contributed by atoms with van der Waals surface area (Å²) in [5.74, 6) is 0. The van der Waals surface area contributed by atoms with E-state index in [4.69, 9.17) is 5.11 Å². The Morgan fingerprint density at radius 1 is 0.938 bits per heavy atom. The lowest BCUT2D eigenvalue weighted by atomic mass is 10.1. The first-order chi connectivity index (χ1) is 7.81. The van der Waals surface area contributed by atoms with E-state index >= 15 is 0 Å². The third-order valence-electron chi connectivity index (χ3n) is 3.22. The zero-order valence-electron chi connectivity index (χ0n) is 11.3. The van der Waals surface area contributed by atoms with Crippen LogP contribution in [0, 0.1) is 0 Å². The fourth-order valence-electron chi connectivity index (χ4n) is 1.90. The van der Waals surface area contributed by atoms with Crippen molar-refractivity contribution in [1.82, 2.24) is 0 Å². The first-order valence-electron chi connectivity index (χ1n) is 7.04. The summed E-state index contributed by atoms with van der Waals surface area (Å²) in [5, 5.41) is 10.3. The van der Waals surface area contributed by atoms with Crippen LogP contribution in [0.3, 0.4) is 0 Å². The molecule has 0 fully saturated rings. The zero-order valence-corrected chi connectivity index (χ0v) is 12.7. The first-order valence-corrected chi connectivity index (χ1v) is 8.74. The van der Waals surface area contributed by atoms with Crippen LogP contribution in [0.5, 0.6) is 0 Å². The maximum absolute atomic E-state index is 8.63. The second-order valence-electron chi connectivity index (χ2n) is 4.79. The summed E-state index contributed by atoms with van der Waals surface area (Å²) in [4.78, 5) is 0. The fourth-order valence-corrected chi connectivity index (χ4v) is 3.35. The molecule has 0 aliphatic carbocycles. The molecule has 96 valence electrons. The van der Waals surface area contributed by atoms with Gasteiger partial charge in [0.15, 0.2) is 0 Å². The van der Waals surface area contributed by atoms with E-state index in [9.17, 15) is 0 Å². The number of hydrogen-bond acceptors (Lipinski definition) is 1. The fraction of sp³-hybridized carbons (Fsp3) is 0.857. The second-order valence-corrected chi connectivity index (χ2v) is 7.11. The van der Waals surface area contributed by atoms with Crippen LogP contribution in [0.2, 0.25) is 6.04 Å². The Morgan fingerprint density at radius 2 is 1.44 bits per heavy atom. The standard InChI is InChI=1S/C14H30OSi/c1-3-14(2)16-13-11-9-7-5-4-6-8-10-12-15/h3,15H,4-13,16H2,1-2H3. The van der Waals surface area contributed by atoms with Crippen LogP contribution in [0.1, 0.15) is 65.2 Å². The monoisotopic (exact) mass is 242 g/mol. The smallest absolute Gasteiger partial charge is 0.0487 e. The minimum Gasteiger partial charge on any atom is -0.396 e. The van der Waals surface area contributed by atoms with E-state index in [1.54, 1.807) is 5.20 Å². The molecule has 0 aromatic carbocycles. The molecule has 0 saturated carbocycles. The predicted octanol–water partition coefficient (Wildman–Crippen LogP) is 3.61. The van der Waals surface area contributed by atoms with Gasteiger partial charge in [-0.2, -0.15) is 0 Å². The molecule has 0 aromatic heterocycles. The first kappa shape index (κ1) is 15.9. The van der Waals surface area contributed by atoms with E-state index in [0.29, 0.717) is 6.61 Å². The molecule has 0 aliphatic rings. The molecular formula is C14H30OSi. The number of hydrogen-bond donors (Lipinski definition) is 1. The number of unbranched alkanes of at least 4 members (excludes halogenated alkanes) is 7. The molecule has 0 radical (unpaired) electrons. The van der Waals surface area contributed by atoms with Gasteiger partial charge in [0.05, 0.1) is 0 Å². The van der Waals surface area contributed by atoms with Gasteiger partial charge < -0.3 is 5.11 Å². The Morgan fingerprint density at radius 3 is 1.94 bits per heavy atom. The Bertz CT molecular complexity index is 166. The topological polar surface area (TPSA) is 20.2 Å². The molecule has 0 amide bonds. The van der Waals surface area contributed by atoms with Crippen molar-refractivity contribution < 1.29 is 5.11 Å². The van der Waals surface area contributed by atoms with Crippen LogP contribution in [0.15, 0.2) is 11.3 Å². The molecular weight excluding hydrogens is 212 g/mol. The van der Waals surface area contributed by atoms with Crippen LogP contribution in [-0.4, -0.2) is 21.2 Å². The maximum atomic E-state index is 8.63. The second kappa shape index (κ2) is 13.0. The third-order valence-corrected chi connectivity index (χ3v) is 5.27. The third kappa shape index (κ3) is 12.0. The highest BCUT2D eigenvalue weighted by molar-refractivity contribution is 6.44. The van der Waals surface area contributed by atoms with E-state index < -0.39 is 0 Å². The summed E-state index contributed by atoms with van der Waals surface area (Å²) in [5.41, 5.74) is 0. The van der Waals surface area contributed by atoms with Gasteiger partial charge >= 0.3 is 0 Å². The van der Waals surface area contributed by atoms with E-state index in [1.807, 2.05) is 0 Å². The minimum absolute atomic E-state index is 0.118. The van der Waals surface area contributed by atoms with E-state index in [1.165, 1.54) is 51.0 Å². The molecule has 0 rings (SSSR count). The highest BCUT2D eigenvalue weighted by Gasteiger charge is 1.93. The quantitative estimate of drug-likeness (QED) is 0.433. The highest BCUT2D eigenvalue weighted by atomic mass is 28.2. The lowest BCUT2D eigenvalue weighted by Gasteiger charge is -2.02. The van der Waals surface area contributed by atoms with Crippen LogP contribution >= 0.6 is 0 Å². The summed E-state index contributed by atoms with van der Waals surface area (Å²) in [6, 6.07) is 1.50. The molecule has 0 spiro atoms. The van der Waals surface area contributed by atoms with E-state index in [-0.39, 0.29) is 9.52 Å². The molecule has 0 heterocycles. The number of allylic oxidation sites excluding steroid dienone is 2. The van der Waals surface area contributed by atoms with Gasteiger partial charge in [0.2, 0.25) is 0 Å². The van der Waals surface area contributed by atoms with Gasteiger partial charge in [-0.3, -0.25) is 0 Å². The molecule has 2 heteroatoms. The largest absolute Gasteiger partial charge is 0.396 e. The predicted molar refractivity (Wildman–Crippen MR) is 76.8 cm³/mol. The van der Waals surface area contributed by atoms with Crippen molar-refractivity contribution in [2.75, 3.05) is 6.61 Å². The van der Waals surface area contributed by atoms with Gasteiger partial charge in [0.25, 0.3) is 0 Å². The number of aliphatic hydroxyl groups excluding tert-OH is 1. The molecule has 16 heavy (non-hydrogen) atoms. The van der Waals surface area contributed by atoms with Crippen LogP contribution in [0.4, 0.5) is 0 Å². The Hall–Kier alpha value is -0.0831. The molecule has 0 aliphatic heterocycles. The lowest BCUT2D eigenvalue weighted by Crippen LogP contribution is -1.91. The SMILES string of the molecule is CC=C(C)[SiH2]CCCCCCCCCCO. The normalized spacial score (nSPS) is 12.8. The van der Waals surface area contributed by atoms with Gasteiger partial charge in [-0.05, 0) is 20.3 Å². The van der Waals surface area contributed by atoms with E-state index in [0.717, 1.165) is 6.42 Å². The van der Waals surface area contributed by atoms with Gasteiger partial charge in [-0.25, -0.2) is 0 Å². The molecule has 0 unspecified atom stereocenters. The lowest BCUT2D eigenvalue weighted by molar-refractivity contribution is 0.282. The molecule has 1 nitrogen and oxygen atoms in total. The average molecular weight is 242 g/mol. The van der Waals surface area contributed by atoms with Gasteiger partial charge in [0, 0.05) is 16.1 Å². The Labute approximate surface area is 104 Å². The Kier molecular flexibility index (Phi) is 12.9. The van der Waals surface area contributed by atoms with Gasteiger partial charge in [-0.15, -0.1) is 0 Å². The van der Waals surface area contributed by atoms with Gasteiger partial charge in [-0.1, -0.05) is 62.3 Å². The van der Waals surface area contributed by atoms with Gasteiger partial charge in [0.1, 0.15) is 0 Å². The zero-order chi connectivity index (χ0) is 12.1. The van der Waals surface area contributed by atoms with Crippen molar-refractivity contribution in [3.8, 4) is 0 Å². The van der Waals surface area contributed by atoms with Crippen LogP contribution in [-0.2, 0) is 0 Å². The molecule has 0 bridgehead atoms. The van der Waals surface area contributed by atoms with Crippen molar-refractivity contribution in [2.45, 2.75) is 71.3 Å². The van der Waals surface area contributed by atoms with Crippen molar-refractivity contribution in [3.63, 3.8) is 0 Å². The molecule has 1 N–H and O–H groups in total. The number of rotatable bonds is 11. The molecule has 0 aromatic rings. The van der Waals surface area contributed by atoms with Crippen molar-refractivity contribution in [1.29, 1.82) is 0 Å². The average Bonchev–Trinajstić information content (AvgIpc) is 2.31. The molecule has 0 atom stereocenters. The summed E-state index contributed by atoms with van der Waals surface area (Å²) in [6.45, 7) is 4.82. The van der Waals surface area contributed by atoms with E-state index in [2.05, 4.69) is 19.9 Å². The maximum Gasteiger partial charge on any atom is 0.0487 e. The van der Waals surface area contributed by atoms with Crippen molar-refractivity contribution in [3.05, 3.63) is 11.3 Å². The summed E-state index contributed by atoms with van der Waals surface area (Å²) >= 11 is 0. The van der Waals surface area contributed by atoms with Crippen LogP contribution in [0.25, 0.3) is 0 Å².